The number of hydrogen-bond donors (Lipinski definition) is 2. The lowest BCUT2D eigenvalue weighted by atomic mass is 9.94. The molecule has 2 aliphatic rings. The maximum absolute atomic E-state index is 12.1. The van der Waals surface area contributed by atoms with E-state index in [1.807, 2.05) is 0 Å². The quantitative estimate of drug-likeness (QED) is 0.892. The van der Waals surface area contributed by atoms with Gasteiger partial charge in [0.1, 0.15) is 5.69 Å². The van der Waals surface area contributed by atoms with Crippen molar-refractivity contribution < 1.29 is 5.11 Å². The molecule has 2 aliphatic carbocycles. The van der Waals surface area contributed by atoms with Crippen LogP contribution in [0.1, 0.15) is 64.2 Å². The molecule has 4 nitrogen and oxygen atoms in total. The van der Waals surface area contributed by atoms with E-state index in [-0.39, 0.29) is 17.2 Å². The molecule has 0 aliphatic heterocycles. The van der Waals surface area contributed by atoms with Gasteiger partial charge < -0.3 is 10.4 Å². The van der Waals surface area contributed by atoms with Crippen LogP contribution < -0.4 is 16.1 Å². The summed E-state index contributed by atoms with van der Waals surface area (Å²) in [5.74, 6) is 0.103. The van der Waals surface area contributed by atoms with Gasteiger partial charge in [0, 0.05) is 6.04 Å². The third-order valence-corrected chi connectivity index (χ3v) is 4.74. The topological polar surface area (TPSA) is 61.7 Å². The molecule has 4 heteroatoms. The lowest BCUT2D eigenvalue weighted by Gasteiger charge is -2.25. The molecule has 2 N–H and O–H groups in total. The molecule has 1 aromatic carbocycles. The van der Waals surface area contributed by atoms with E-state index >= 15 is 0 Å². The van der Waals surface area contributed by atoms with Crippen molar-refractivity contribution in [2.24, 2.45) is 4.99 Å². The summed E-state index contributed by atoms with van der Waals surface area (Å²) in [6, 6.07) is 0.585. The van der Waals surface area contributed by atoms with Gasteiger partial charge in [0.25, 0.3) is 0 Å². The Labute approximate surface area is 119 Å². The number of nitrogens with zero attached hydrogens (tertiary/aromatic N) is 1. The van der Waals surface area contributed by atoms with Crippen molar-refractivity contribution in [3.8, 4) is 5.75 Å². The van der Waals surface area contributed by atoms with E-state index in [1.54, 1.807) is 0 Å². The SMILES string of the molecule is O=c1c(NC2CCCCC2)c(O)c1=NC1CCCCC1. The molecule has 0 radical (unpaired) electrons. The average Bonchev–Trinajstić information content (AvgIpc) is 2.52. The van der Waals surface area contributed by atoms with E-state index in [1.165, 1.54) is 38.5 Å². The van der Waals surface area contributed by atoms with E-state index in [0.717, 1.165) is 25.7 Å². The molecule has 110 valence electrons. The molecule has 0 bridgehead atoms. The van der Waals surface area contributed by atoms with Gasteiger partial charge in [-0.25, -0.2) is 0 Å². The summed E-state index contributed by atoms with van der Waals surface area (Å²) in [6.45, 7) is 0. The summed E-state index contributed by atoms with van der Waals surface area (Å²) in [5.41, 5.74) is 0.324. The minimum absolute atomic E-state index is 0.0846. The number of aromatic hydroxyl groups is 1. The fourth-order valence-electron chi connectivity index (χ4n) is 3.49. The summed E-state index contributed by atoms with van der Waals surface area (Å²) in [6.07, 6.45) is 11.6. The Morgan fingerprint density at radius 3 is 2.15 bits per heavy atom. The highest BCUT2D eigenvalue weighted by Gasteiger charge is 2.23. The van der Waals surface area contributed by atoms with Crippen LogP contribution in [0.25, 0.3) is 0 Å². The molecule has 2 fully saturated rings. The normalized spacial score (nSPS) is 23.3. The monoisotopic (exact) mass is 276 g/mol. The number of rotatable bonds is 3. The van der Waals surface area contributed by atoms with Crippen LogP contribution in [0.3, 0.4) is 0 Å². The number of nitrogens with one attached hydrogen (secondary N) is 1. The summed E-state index contributed by atoms with van der Waals surface area (Å²) >= 11 is 0. The molecule has 3 rings (SSSR count). The maximum atomic E-state index is 12.1. The second-order valence-electron chi connectivity index (χ2n) is 6.30. The van der Waals surface area contributed by atoms with E-state index in [2.05, 4.69) is 10.3 Å². The third-order valence-electron chi connectivity index (χ3n) is 4.74. The highest BCUT2D eigenvalue weighted by molar-refractivity contribution is 5.61. The predicted octanol–water partition coefficient (Wildman–Crippen LogP) is 2.61. The Hall–Kier alpha value is -1.32. The molecule has 0 amide bonds. The molecule has 20 heavy (non-hydrogen) atoms. The van der Waals surface area contributed by atoms with Gasteiger partial charge in [0.2, 0.25) is 5.43 Å². The fraction of sp³-hybridized carbons (Fsp3) is 0.750. The van der Waals surface area contributed by atoms with Gasteiger partial charge in [-0.2, -0.15) is 0 Å². The first-order valence-electron chi connectivity index (χ1n) is 8.08. The molecular formula is C16H24N2O2. The Kier molecular flexibility index (Phi) is 4.08. The molecule has 1 aromatic rings. The van der Waals surface area contributed by atoms with Crippen molar-refractivity contribution in [3.05, 3.63) is 15.6 Å². The number of anilines is 1. The zero-order valence-corrected chi connectivity index (χ0v) is 12.0. The molecule has 2 saturated carbocycles. The van der Waals surface area contributed by atoms with Gasteiger partial charge in [-0.05, 0) is 25.7 Å². The van der Waals surface area contributed by atoms with E-state index in [9.17, 15) is 9.90 Å². The second kappa shape index (κ2) is 5.98. The standard InChI is InChI=1S/C16H24N2O2/c19-15-13(17-11-7-3-1-4-8-11)16(20)14(15)18-12-9-5-2-6-10-12/h11-12,17,19H,1-10H2. The largest absolute Gasteiger partial charge is 0.504 e. The van der Waals surface area contributed by atoms with Gasteiger partial charge in [-0.1, -0.05) is 38.5 Å². The minimum Gasteiger partial charge on any atom is -0.504 e. The zero-order chi connectivity index (χ0) is 13.9. The van der Waals surface area contributed by atoms with Crippen LogP contribution in [0.2, 0.25) is 0 Å². The van der Waals surface area contributed by atoms with Crippen molar-refractivity contribution in [1.29, 1.82) is 0 Å². The zero-order valence-electron chi connectivity index (χ0n) is 12.0. The third kappa shape index (κ3) is 2.74. The van der Waals surface area contributed by atoms with Crippen LogP contribution in [0.4, 0.5) is 5.69 Å². The van der Waals surface area contributed by atoms with Crippen molar-refractivity contribution in [1.82, 2.24) is 0 Å². The summed E-state index contributed by atoms with van der Waals surface area (Å²) in [5, 5.41) is 13.6. The van der Waals surface area contributed by atoms with E-state index in [4.69, 9.17) is 0 Å². The van der Waals surface area contributed by atoms with Crippen LogP contribution in [0.15, 0.2) is 9.79 Å². The Bertz CT molecular complexity index is 531. The van der Waals surface area contributed by atoms with Crippen LogP contribution in [-0.4, -0.2) is 17.2 Å². The molecule has 0 unspecified atom stereocenters. The second-order valence-corrected chi connectivity index (χ2v) is 6.30. The Balaban J connectivity index is 1.70. The van der Waals surface area contributed by atoms with Crippen LogP contribution >= 0.6 is 0 Å². The van der Waals surface area contributed by atoms with Gasteiger partial charge >= 0.3 is 0 Å². The van der Waals surface area contributed by atoms with Crippen LogP contribution in [0.5, 0.6) is 5.75 Å². The molecule has 0 spiro atoms. The first-order valence-corrected chi connectivity index (χ1v) is 8.08. The highest BCUT2D eigenvalue weighted by atomic mass is 16.3. The Morgan fingerprint density at radius 2 is 1.55 bits per heavy atom. The van der Waals surface area contributed by atoms with Gasteiger partial charge in [0.15, 0.2) is 11.1 Å². The van der Waals surface area contributed by atoms with Gasteiger partial charge in [0.05, 0.1) is 6.04 Å². The van der Waals surface area contributed by atoms with Crippen molar-refractivity contribution in [2.45, 2.75) is 76.3 Å². The molecule has 0 saturated heterocycles. The minimum atomic E-state index is -0.0846. The summed E-state index contributed by atoms with van der Waals surface area (Å²) < 4.78 is 0. The van der Waals surface area contributed by atoms with Crippen LogP contribution in [-0.2, 0) is 0 Å². The van der Waals surface area contributed by atoms with Gasteiger partial charge in [-0.3, -0.25) is 9.79 Å². The highest BCUT2D eigenvalue weighted by Crippen LogP contribution is 2.25. The fourth-order valence-corrected chi connectivity index (χ4v) is 3.49. The molecular weight excluding hydrogens is 252 g/mol. The van der Waals surface area contributed by atoms with Crippen molar-refractivity contribution in [3.63, 3.8) is 0 Å². The lowest BCUT2D eigenvalue weighted by molar-refractivity contribution is 0.422. The summed E-state index contributed by atoms with van der Waals surface area (Å²) in [4.78, 5) is 16.6. The van der Waals surface area contributed by atoms with Crippen LogP contribution in [0, 0.1) is 0 Å². The van der Waals surface area contributed by atoms with E-state index in [0.29, 0.717) is 17.1 Å². The average molecular weight is 276 g/mol. The Morgan fingerprint density at radius 1 is 0.950 bits per heavy atom. The van der Waals surface area contributed by atoms with Gasteiger partial charge in [-0.15, -0.1) is 0 Å². The van der Waals surface area contributed by atoms with E-state index < -0.39 is 0 Å². The smallest absolute Gasteiger partial charge is 0.234 e. The maximum Gasteiger partial charge on any atom is 0.234 e. The molecule has 0 aromatic heterocycles. The van der Waals surface area contributed by atoms with Crippen molar-refractivity contribution in [2.75, 3.05) is 5.32 Å². The predicted molar refractivity (Wildman–Crippen MR) is 79.7 cm³/mol. The first-order chi connectivity index (χ1) is 9.75. The summed E-state index contributed by atoms with van der Waals surface area (Å²) in [7, 11) is 0. The molecule has 0 heterocycles. The van der Waals surface area contributed by atoms with Crippen molar-refractivity contribution >= 4 is 5.69 Å². The lowest BCUT2D eigenvalue weighted by Crippen LogP contribution is -2.39. The number of hydrogen-bond acceptors (Lipinski definition) is 4. The molecule has 0 atom stereocenters. The first kappa shape index (κ1) is 13.7.